The minimum atomic E-state index is -0.949. The van der Waals surface area contributed by atoms with Crippen LogP contribution in [-0.4, -0.2) is 17.1 Å². The molecule has 0 aromatic heterocycles. The number of hydrogen-bond donors (Lipinski definition) is 1. The highest BCUT2D eigenvalue weighted by molar-refractivity contribution is 9.18. The predicted molar refractivity (Wildman–Crippen MR) is 32.6 cm³/mol. The molecule has 0 saturated heterocycles. The number of hydrogen-bond acceptors (Lipinski definition) is 2. The number of rotatable bonds is 2. The van der Waals surface area contributed by atoms with Crippen LogP contribution in [-0.2, 0) is 9.59 Å². The van der Waals surface area contributed by atoms with Crippen molar-refractivity contribution in [2.45, 2.75) is 13.0 Å². The normalized spacial score (nSPS) is 14.0. The van der Waals surface area contributed by atoms with Crippen LogP contribution in [0, 0.1) is 0 Å². The average molecular weight is 181 g/mol. The quantitative estimate of drug-likeness (QED) is 0.483. The van der Waals surface area contributed by atoms with Gasteiger partial charge in [-0.1, -0.05) is 0 Å². The van der Waals surface area contributed by atoms with Crippen molar-refractivity contribution in [1.29, 1.82) is 0 Å². The minimum Gasteiger partial charge on any atom is -0.348 e. The average Bonchev–Trinajstić information content (AvgIpc) is 1.63. The van der Waals surface area contributed by atoms with Gasteiger partial charge < -0.3 is 5.32 Å². The maximum Gasteiger partial charge on any atom is 0.219 e. The van der Waals surface area contributed by atoms with Crippen molar-refractivity contribution in [2.24, 2.45) is 0 Å². The van der Waals surface area contributed by atoms with E-state index in [0.717, 1.165) is 0 Å². The molecule has 1 atom stereocenters. The second-order valence-electron chi connectivity index (χ2n) is 1.27. The fraction of sp³-hybridized carbons (Fsp3) is 0.500. The summed E-state index contributed by atoms with van der Waals surface area (Å²) in [4.78, 5) is 20.2. The molecule has 0 heterocycles. The summed E-state index contributed by atoms with van der Waals surface area (Å²) in [5.74, 6) is 0. The summed E-state index contributed by atoms with van der Waals surface area (Å²) < 4.78 is 6.05. The molecule has 4 heteroatoms. The van der Waals surface area contributed by atoms with Gasteiger partial charge in [-0.05, 0) is 22.9 Å². The van der Waals surface area contributed by atoms with E-state index < -0.39 is 12.4 Å². The summed E-state index contributed by atoms with van der Waals surface area (Å²) in [6, 6.07) is -0.616. The fourth-order valence-electron chi connectivity index (χ4n) is 0.145. The Labute approximate surface area is 57.0 Å². The van der Waals surface area contributed by atoms with Gasteiger partial charge in [0.05, 0.1) is 6.04 Å². The van der Waals surface area contributed by atoms with E-state index in [2.05, 4.69) is 21.2 Å². The number of carbonyl (C=O) groups excluding carboxylic acids is 2. The molecule has 0 aliphatic heterocycles. The van der Waals surface area contributed by atoms with Crippen LogP contribution < -0.4 is 5.32 Å². The highest BCUT2D eigenvalue weighted by Gasteiger charge is 2.04. The van der Waals surface area contributed by atoms with E-state index in [9.17, 15) is 9.59 Å². The van der Waals surface area contributed by atoms with Crippen molar-refractivity contribution in [3.63, 3.8) is 0 Å². The van der Waals surface area contributed by atoms with Gasteiger partial charge in [0.15, 0.2) is 0 Å². The second-order valence-corrected chi connectivity index (χ2v) is 2.05. The lowest BCUT2D eigenvalue weighted by atomic mass is 10.4. The second kappa shape index (κ2) is 3.60. The topological polar surface area (TPSA) is 46.2 Å². The molecule has 0 spiro atoms. The van der Waals surface area contributed by atoms with E-state index in [-0.39, 0.29) is 4.69 Å². The zero-order chi connectivity index (χ0) is 7.44. The Kier molecular flexibility index (Phi) is 2.59. The Balaban J connectivity index is 3.63. The fourth-order valence-corrected chi connectivity index (χ4v) is 0.260. The molecule has 0 aliphatic carbocycles. The zero-order valence-corrected chi connectivity index (χ0v) is 5.86. The minimum absolute atomic E-state index is 0.330. The lowest BCUT2D eigenvalue weighted by Crippen LogP contribution is -2.29. The molecule has 46 valence electrons. The highest BCUT2D eigenvalue weighted by atomic mass is 79.9. The van der Waals surface area contributed by atoms with Crippen LogP contribution in [0.5, 0.6) is 0 Å². The van der Waals surface area contributed by atoms with Crippen molar-refractivity contribution in [3.8, 4) is 0 Å². The molecule has 0 aromatic rings. The van der Waals surface area contributed by atoms with Gasteiger partial charge in [0.25, 0.3) is 0 Å². The lowest BCUT2D eigenvalue weighted by Gasteiger charge is -2.00. The van der Waals surface area contributed by atoms with Crippen LogP contribution >= 0.6 is 15.9 Å². The standard InChI is InChI=1S/C4H6BrNO2/c1-3(4(5)8)6-2-7/h2-3H,1H3,(H,6,7)/t3-/m0/s1/i2D. The first-order valence-corrected chi connectivity index (χ1v) is 2.79. The Morgan fingerprint density at radius 3 is 2.75 bits per heavy atom. The third kappa shape index (κ3) is 2.74. The first kappa shape index (κ1) is 5.75. The van der Waals surface area contributed by atoms with Gasteiger partial charge in [0.2, 0.25) is 11.1 Å². The van der Waals surface area contributed by atoms with Gasteiger partial charge in [-0.15, -0.1) is 0 Å². The summed E-state index contributed by atoms with van der Waals surface area (Å²) in [7, 11) is 0. The molecule has 0 radical (unpaired) electrons. The van der Waals surface area contributed by atoms with Gasteiger partial charge in [0.1, 0.15) is 1.37 Å². The molecular weight excluding hydrogens is 174 g/mol. The number of amides is 1. The van der Waals surface area contributed by atoms with Crippen molar-refractivity contribution < 1.29 is 11.0 Å². The molecule has 1 N–H and O–H groups in total. The molecule has 0 fully saturated rings. The Hall–Kier alpha value is -0.380. The third-order valence-corrected chi connectivity index (χ3v) is 1.30. The monoisotopic (exact) mass is 180 g/mol. The molecule has 8 heavy (non-hydrogen) atoms. The molecule has 3 nitrogen and oxygen atoms in total. The Bertz CT molecular complexity index is 139. The maximum absolute atomic E-state index is 10.3. The summed E-state index contributed by atoms with van der Waals surface area (Å²) >= 11 is 2.63. The van der Waals surface area contributed by atoms with E-state index in [4.69, 9.17) is 1.37 Å². The van der Waals surface area contributed by atoms with Crippen molar-refractivity contribution >= 4 is 27.0 Å². The zero-order valence-electron chi connectivity index (χ0n) is 5.27. The molecule has 0 aliphatic rings. The van der Waals surface area contributed by atoms with Crippen LogP contribution in [0.15, 0.2) is 0 Å². The van der Waals surface area contributed by atoms with Crippen molar-refractivity contribution in [2.75, 3.05) is 0 Å². The van der Waals surface area contributed by atoms with Crippen LogP contribution in [0.25, 0.3) is 0 Å². The van der Waals surface area contributed by atoms with Crippen molar-refractivity contribution in [1.82, 2.24) is 5.32 Å². The largest absolute Gasteiger partial charge is 0.348 e. The van der Waals surface area contributed by atoms with E-state index in [1.165, 1.54) is 6.92 Å². The number of halogens is 1. The van der Waals surface area contributed by atoms with Gasteiger partial charge in [-0.2, -0.15) is 0 Å². The Morgan fingerprint density at radius 1 is 2.12 bits per heavy atom. The number of nitrogens with one attached hydrogen (secondary N) is 1. The van der Waals surface area contributed by atoms with Crippen LogP contribution in [0.2, 0.25) is 0 Å². The Morgan fingerprint density at radius 2 is 2.62 bits per heavy atom. The van der Waals surface area contributed by atoms with E-state index in [1.807, 2.05) is 0 Å². The predicted octanol–water partition coefficient (Wildman–Crippen LogP) is 0.0424. The third-order valence-electron chi connectivity index (χ3n) is 0.616. The summed E-state index contributed by atoms with van der Waals surface area (Å²) in [6.45, 7) is 1.49. The lowest BCUT2D eigenvalue weighted by molar-refractivity contribution is -0.116. The summed E-state index contributed by atoms with van der Waals surface area (Å²) in [5.41, 5.74) is 0. The smallest absolute Gasteiger partial charge is 0.219 e. The van der Waals surface area contributed by atoms with Crippen LogP contribution in [0.4, 0.5) is 0 Å². The SMILES string of the molecule is [2H]C(=O)N[C@@H](C)C(=O)Br. The van der Waals surface area contributed by atoms with Gasteiger partial charge in [0, 0.05) is 0 Å². The first-order valence-electron chi connectivity index (χ1n) is 2.50. The molecule has 0 aromatic carbocycles. The molecule has 0 bridgehead atoms. The van der Waals surface area contributed by atoms with Crippen molar-refractivity contribution in [3.05, 3.63) is 0 Å². The molecule has 0 saturated carbocycles. The molecular formula is C4H6BrNO2. The summed E-state index contributed by atoms with van der Waals surface area (Å²) in [6.07, 6.45) is -0.949. The first-order chi connectivity index (χ1) is 4.04. The van der Waals surface area contributed by atoms with E-state index in [1.54, 1.807) is 0 Å². The van der Waals surface area contributed by atoms with E-state index >= 15 is 0 Å². The van der Waals surface area contributed by atoms with Gasteiger partial charge in [-0.25, -0.2) is 0 Å². The van der Waals surface area contributed by atoms with Gasteiger partial charge in [-0.3, -0.25) is 9.59 Å². The summed E-state index contributed by atoms with van der Waals surface area (Å²) in [5, 5.41) is 2.07. The van der Waals surface area contributed by atoms with Crippen LogP contribution in [0.3, 0.4) is 0 Å². The van der Waals surface area contributed by atoms with Gasteiger partial charge >= 0.3 is 0 Å². The molecule has 0 rings (SSSR count). The van der Waals surface area contributed by atoms with Crippen LogP contribution in [0.1, 0.15) is 8.29 Å². The maximum atomic E-state index is 10.3. The number of carbonyl (C=O) groups is 2. The van der Waals surface area contributed by atoms with E-state index in [0.29, 0.717) is 0 Å². The molecule has 1 amide bonds. The highest BCUT2D eigenvalue weighted by Crippen LogP contribution is 1.89. The molecule has 0 unspecified atom stereocenters.